The first-order valence-electron chi connectivity index (χ1n) is 7.33. The van der Waals surface area contributed by atoms with Crippen LogP contribution in [-0.4, -0.2) is 0 Å². The zero-order chi connectivity index (χ0) is 16.4. The van der Waals surface area contributed by atoms with E-state index in [1.165, 1.54) is 0 Å². The largest absolute Gasteiger partial charge is 0.0840 e. The first-order valence-corrected chi connectivity index (χ1v) is 8.46. The molecular weight excluding hydrogens is 347 g/mol. The molecule has 0 unspecified atom stereocenters. The second-order valence-electron chi connectivity index (χ2n) is 5.55. The number of benzene rings is 3. The van der Waals surface area contributed by atoms with E-state index in [1.807, 2.05) is 61.5 Å². The predicted octanol–water partition coefficient (Wildman–Crippen LogP) is 7.21. The fourth-order valence-corrected chi connectivity index (χ4v) is 3.22. The van der Waals surface area contributed by atoms with Crippen molar-refractivity contribution in [1.82, 2.24) is 0 Å². The van der Waals surface area contributed by atoms with E-state index >= 15 is 0 Å². The predicted molar refractivity (Wildman–Crippen MR) is 101 cm³/mol. The monoisotopic (exact) mass is 360 g/mol. The molecule has 0 aliphatic heterocycles. The molecule has 3 rings (SSSR count). The summed E-state index contributed by atoms with van der Waals surface area (Å²) in [4.78, 5) is 0. The maximum absolute atomic E-state index is 6.49. The van der Waals surface area contributed by atoms with Crippen LogP contribution in [0.4, 0.5) is 0 Å². The molecule has 116 valence electrons. The second kappa shape index (κ2) is 6.97. The Balaban J connectivity index is 1.91. The molecule has 3 aromatic carbocycles. The fraction of sp³-hybridized carbons (Fsp3) is 0.100. The Labute approximate surface area is 151 Å². The van der Waals surface area contributed by atoms with Gasteiger partial charge in [-0.2, -0.15) is 0 Å². The number of halogens is 3. The Kier molecular flexibility index (Phi) is 4.96. The van der Waals surface area contributed by atoms with Gasteiger partial charge in [-0.3, -0.25) is 0 Å². The van der Waals surface area contributed by atoms with Crippen LogP contribution in [0.2, 0.25) is 15.1 Å². The van der Waals surface area contributed by atoms with Crippen molar-refractivity contribution in [2.75, 3.05) is 0 Å². The third-order valence-corrected chi connectivity index (χ3v) is 4.96. The quantitative estimate of drug-likeness (QED) is 0.462. The summed E-state index contributed by atoms with van der Waals surface area (Å²) in [6.45, 7) is 1.99. The Morgan fingerprint density at radius 2 is 1.52 bits per heavy atom. The molecule has 0 N–H and O–H groups in total. The summed E-state index contributed by atoms with van der Waals surface area (Å²) in [6.07, 6.45) is 0.758. The lowest BCUT2D eigenvalue weighted by Gasteiger charge is -2.10. The van der Waals surface area contributed by atoms with Gasteiger partial charge in [0.05, 0.1) is 0 Å². The van der Waals surface area contributed by atoms with Crippen LogP contribution >= 0.6 is 34.8 Å². The van der Waals surface area contributed by atoms with Crippen LogP contribution in [0.3, 0.4) is 0 Å². The van der Waals surface area contributed by atoms with Crippen LogP contribution in [0.5, 0.6) is 0 Å². The van der Waals surface area contributed by atoms with Gasteiger partial charge in [0, 0.05) is 20.6 Å². The molecular formula is C20H15Cl3. The van der Waals surface area contributed by atoms with Gasteiger partial charge in [-0.05, 0) is 53.8 Å². The van der Waals surface area contributed by atoms with E-state index in [1.54, 1.807) is 0 Å². The highest BCUT2D eigenvalue weighted by Crippen LogP contribution is 2.32. The van der Waals surface area contributed by atoms with Crippen molar-refractivity contribution in [2.45, 2.75) is 13.3 Å². The fourth-order valence-electron chi connectivity index (χ4n) is 2.52. The number of aryl methyl sites for hydroxylation is 1. The molecule has 0 aromatic heterocycles. The van der Waals surface area contributed by atoms with Gasteiger partial charge in [0.2, 0.25) is 0 Å². The number of hydrogen-bond donors (Lipinski definition) is 0. The zero-order valence-corrected chi connectivity index (χ0v) is 14.9. The average molecular weight is 362 g/mol. The van der Waals surface area contributed by atoms with E-state index in [0.29, 0.717) is 0 Å². The molecule has 0 nitrogen and oxygen atoms in total. The molecule has 0 amide bonds. The van der Waals surface area contributed by atoms with E-state index < -0.39 is 0 Å². The topological polar surface area (TPSA) is 0 Å². The first-order chi connectivity index (χ1) is 11.0. The minimum Gasteiger partial charge on any atom is -0.0840 e. The first kappa shape index (κ1) is 16.4. The second-order valence-corrected chi connectivity index (χ2v) is 6.77. The van der Waals surface area contributed by atoms with Crippen LogP contribution < -0.4 is 0 Å². The highest BCUT2D eigenvalue weighted by Gasteiger charge is 2.08. The third kappa shape index (κ3) is 3.72. The van der Waals surface area contributed by atoms with Crippen molar-refractivity contribution >= 4 is 34.8 Å². The van der Waals surface area contributed by atoms with Crippen LogP contribution in [0.1, 0.15) is 16.7 Å². The van der Waals surface area contributed by atoms with E-state index in [2.05, 4.69) is 6.07 Å². The van der Waals surface area contributed by atoms with Crippen molar-refractivity contribution in [1.29, 1.82) is 0 Å². The van der Waals surface area contributed by atoms with E-state index in [4.69, 9.17) is 34.8 Å². The van der Waals surface area contributed by atoms with Crippen molar-refractivity contribution in [2.24, 2.45) is 0 Å². The zero-order valence-electron chi connectivity index (χ0n) is 12.6. The maximum Gasteiger partial charge on any atom is 0.0487 e. The summed E-state index contributed by atoms with van der Waals surface area (Å²) in [5.74, 6) is 0. The van der Waals surface area contributed by atoms with Crippen LogP contribution in [-0.2, 0) is 6.42 Å². The Hall–Kier alpha value is -1.47. The minimum atomic E-state index is 0.717. The van der Waals surface area contributed by atoms with Crippen LogP contribution in [0, 0.1) is 6.92 Å². The molecule has 3 aromatic rings. The van der Waals surface area contributed by atoms with Gasteiger partial charge in [-0.15, -0.1) is 0 Å². The van der Waals surface area contributed by atoms with E-state index in [9.17, 15) is 0 Å². The lowest BCUT2D eigenvalue weighted by molar-refractivity contribution is 1.19. The van der Waals surface area contributed by atoms with Gasteiger partial charge in [-0.25, -0.2) is 0 Å². The lowest BCUT2D eigenvalue weighted by Crippen LogP contribution is -1.90. The van der Waals surface area contributed by atoms with Crippen LogP contribution in [0.25, 0.3) is 11.1 Å². The van der Waals surface area contributed by atoms with Gasteiger partial charge in [0.15, 0.2) is 0 Å². The molecule has 0 spiro atoms. The van der Waals surface area contributed by atoms with Crippen molar-refractivity contribution in [3.63, 3.8) is 0 Å². The van der Waals surface area contributed by atoms with Crippen molar-refractivity contribution in [3.8, 4) is 11.1 Å². The molecule has 23 heavy (non-hydrogen) atoms. The Morgan fingerprint density at radius 3 is 2.22 bits per heavy atom. The molecule has 0 saturated heterocycles. The van der Waals surface area contributed by atoms with Gasteiger partial charge >= 0.3 is 0 Å². The van der Waals surface area contributed by atoms with Crippen LogP contribution in [0.15, 0.2) is 60.7 Å². The van der Waals surface area contributed by atoms with E-state index in [0.717, 1.165) is 49.3 Å². The molecule has 0 radical (unpaired) electrons. The van der Waals surface area contributed by atoms with E-state index in [-0.39, 0.29) is 0 Å². The van der Waals surface area contributed by atoms with Gasteiger partial charge in [0.25, 0.3) is 0 Å². The Morgan fingerprint density at radius 1 is 0.739 bits per heavy atom. The average Bonchev–Trinajstić information content (AvgIpc) is 2.53. The summed E-state index contributed by atoms with van der Waals surface area (Å²) in [7, 11) is 0. The summed E-state index contributed by atoms with van der Waals surface area (Å²) in [5.41, 5.74) is 5.29. The summed E-state index contributed by atoms with van der Waals surface area (Å²) in [5, 5.41) is 2.24. The van der Waals surface area contributed by atoms with Gasteiger partial charge in [0.1, 0.15) is 0 Å². The van der Waals surface area contributed by atoms with Crippen molar-refractivity contribution in [3.05, 3.63) is 92.4 Å². The molecule has 0 aliphatic carbocycles. The van der Waals surface area contributed by atoms with Gasteiger partial charge < -0.3 is 0 Å². The standard InChI is InChI=1S/C20H15Cl3/c1-13-6-8-15(12-19(13)22)17-9-7-14(11-20(17)23)10-16-4-2-3-5-18(16)21/h2-9,11-12H,10H2,1H3. The lowest BCUT2D eigenvalue weighted by atomic mass is 9.99. The molecule has 0 aliphatic rings. The highest BCUT2D eigenvalue weighted by molar-refractivity contribution is 6.34. The SMILES string of the molecule is Cc1ccc(-c2ccc(Cc3ccccc3Cl)cc2Cl)cc1Cl. The third-order valence-electron chi connectivity index (χ3n) is 3.87. The highest BCUT2D eigenvalue weighted by atomic mass is 35.5. The molecule has 0 saturated carbocycles. The number of rotatable bonds is 3. The molecule has 0 atom stereocenters. The minimum absolute atomic E-state index is 0.717. The smallest absolute Gasteiger partial charge is 0.0487 e. The molecule has 3 heteroatoms. The normalized spacial score (nSPS) is 10.8. The summed E-state index contributed by atoms with van der Waals surface area (Å²) >= 11 is 18.9. The van der Waals surface area contributed by atoms with Gasteiger partial charge in [-0.1, -0.05) is 77.3 Å². The maximum atomic E-state index is 6.49. The number of hydrogen-bond acceptors (Lipinski definition) is 0. The molecule has 0 heterocycles. The summed E-state index contributed by atoms with van der Waals surface area (Å²) < 4.78 is 0. The Bertz CT molecular complexity index is 853. The molecule has 0 bridgehead atoms. The molecule has 0 fully saturated rings. The van der Waals surface area contributed by atoms with Crippen molar-refractivity contribution < 1.29 is 0 Å². The summed E-state index contributed by atoms with van der Waals surface area (Å²) in [6, 6.07) is 20.0.